The molecule has 6 rings (SSSR count). The number of carbonyl (C=O) groups excluding carboxylic acids is 1. The van der Waals surface area contributed by atoms with E-state index in [0.717, 1.165) is 50.1 Å². The van der Waals surface area contributed by atoms with Crippen LogP contribution in [0.5, 0.6) is 5.75 Å². The van der Waals surface area contributed by atoms with Crippen molar-refractivity contribution in [3.05, 3.63) is 53.3 Å². The Bertz CT molecular complexity index is 1060. The van der Waals surface area contributed by atoms with Crippen LogP contribution in [0.25, 0.3) is 0 Å². The van der Waals surface area contributed by atoms with Gasteiger partial charge in [0.1, 0.15) is 11.6 Å². The van der Waals surface area contributed by atoms with Crippen LogP contribution in [-0.4, -0.2) is 55.7 Å². The van der Waals surface area contributed by atoms with E-state index in [1.807, 2.05) is 30.3 Å². The molecule has 2 aromatic rings. The van der Waals surface area contributed by atoms with Crippen molar-refractivity contribution in [2.75, 3.05) is 42.5 Å². The van der Waals surface area contributed by atoms with Crippen LogP contribution in [0.15, 0.2) is 36.4 Å². The number of anilines is 2. The second-order valence-electron chi connectivity index (χ2n) is 10.3. The van der Waals surface area contributed by atoms with Crippen molar-refractivity contribution in [3.8, 4) is 5.75 Å². The van der Waals surface area contributed by atoms with Gasteiger partial charge in [-0.25, -0.2) is 4.39 Å². The minimum Gasteiger partial charge on any atom is -0.490 e. The predicted molar refractivity (Wildman–Crippen MR) is 133 cm³/mol. The van der Waals surface area contributed by atoms with Crippen LogP contribution in [0.4, 0.5) is 15.8 Å². The molecule has 6 heteroatoms. The van der Waals surface area contributed by atoms with Gasteiger partial charge in [-0.15, -0.1) is 0 Å². The van der Waals surface area contributed by atoms with E-state index in [1.54, 1.807) is 11.0 Å². The summed E-state index contributed by atoms with van der Waals surface area (Å²) in [6, 6.07) is 11.6. The second-order valence-corrected chi connectivity index (χ2v) is 10.3. The van der Waals surface area contributed by atoms with Crippen molar-refractivity contribution in [2.45, 2.75) is 63.5 Å². The van der Waals surface area contributed by atoms with E-state index in [9.17, 15) is 4.79 Å². The summed E-state index contributed by atoms with van der Waals surface area (Å²) in [5.74, 6) is 0.565. The molecule has 2 aromatic carbocycles. The number of halogens is 1. The van der Waals surface area contributed by atoms with Crippen molar-refractivity contribution < 1.29 is 13.9 Å². The standard InChI is InChI=1S/C28H34FN3O2/c29-26-18-21(7-10-27(26)31-15-12-22(19-31)30-13-3-4-14-30)32-16-11-20-17-24(8-9-25(20)28(32)33)34-23-5-1-2-6-23/h7-10,17-18,22-23H,1-6,11-16,19H2/t22-/m1/s1. The van der Waals surface area contributed by atoms with Gasteiger partial charge in [0, 0.05) is 36.9 Å². The number of nitrogens with zero attached hydrogens (tertiary/aromatic N) is 3. The summed E-state index contributed by atoms with van der Waals surface area (Å²) in [5, 5.41) is 0. The zero-order valence-electron chi connectivity index (χ0n) is 19.8. The molecular formula is C28H34FN3O2. The predicted octanol–water partition coefficient (Wildman–Crippen LogP) is 5.02. The normalized spacial score (nSPS) is 23.7. The van der Waals surface area contributed by atoms with Gasteiger partial charge >= 0.3 is 0 Å². The van der Waals surface area contributed by atoms with E-state index in [4.69, 9.17) is 4.74 Å². The molecular weight excluding hydrogens is 429 g/mol. The van der Waals surface area contributed by atoms with Gasteiger partial charge in [-0.1, -0.05) is 0 Å². The summed E-state index contributed by atoms with van der Waals surface area (Å²) in [5.41, 5.74) is 3.02. The van der Waals surface area contributed by atoms with Gasteiger partial charge < -0.3 is 14.5 Å². The highest BCUT2D eigenvalue weighted by Crippen LogP contribution is 2.33. The fraction of sp³-hybridized carbons (Fsp3) is 0.536. The summed E-state index contributed by atoms with van der Waals surface area (Å²) in [4.78, 5) is 19.7. The van der Waals surface area contributed by atoms with Gasteiger partial charge in [-0.3, -0.25) is 9.69 Å². The molecule has 0 bridgehead atoms. The first-order valence-electron chi connectivity index (χ1n) is 13.1. The first kappa shape index (κ1) is 21.9. The highest BCUT2D eigenvalue weighted by Gasteiger charge is 2.31. The van der Waals surface area contributed by atoms with Crippen LogP contribution >= 0.6 is 0 Å². The zero-order valence-corrected chi connectivity index (χ0v) is 19.8. The van der Waals surface area contributed by atoms with Crippen LogP contribution in [0.1, 0.15) is 60.9 Å². The summed E-state index contributed by atoms with van der Waals surface area (Å²) >= 11 is 0. The van der Waals surface area contributed by atoms with Crippen molar-refractivity contribution in [2.24, 2.45) is 0 Å². The molecule has 1 saturated carbocycles. The molecule has 180 valence electrons. The zero-order chi connectivity index (χ0) is 23.1. The number of ether oxygens (including phenoxy) is 1. The molecule has 5 nitrogen and oxygen atoms in total. The molecule has 1 aliphatic carbocycles. The molecule has 0 N–H and O–H groups in total. The molecule has 0 radical (unpaired) electrons. The summed E-state index contributed by atoms with van der Waals surface area (Å²) in [6.07, 6.45) is 9.39. The minimum atomic E-state index is -0.238. The van der Waals surface area contributed by atoms with Crippen LogP contribution in [0.2, 0.25) is 0 Å². The first-order valence-corrected chi connectivity index (χ1v) is 13.1. The largest absolute Gasteiger partial charge is 0.490 e. The first-order chi connectivity index (χ1) is 16.7. The summed E-state index contributed by atoms with van der Waals surface area (Å²) in [6.45, 7) is 4.67. The average Bonchev–Trinajstić information content (AvgIpc) is 3.62. The molecule has 0 unspecified atom stereocenters. The van der Waals surface area contributed by atoms with Gasteiger partial charge in [0.2, 0.25) is 0 Å². The lowest BCUT2D eigenvalue weighted by molar-refractivity contribution is 0.0980. The number of hydrogen-bond donors (Lipinski definition) is 0. The maximum atomic E-state index is 15.2. The fourth-order valence-corrected chi connectivity index (χ4v) is 6.27. The monoisotopic (exact) mass is 463 g/mol. The van der Waals surface area contributed by atoms with Gasteiger partial charge in [0.15, 0.2) is 0 Å². The van der Waals surface area contributed by atoms with E-state index < -0.39 is 0 Å². The third kappa shape index (κ3) is 4.17. The van der Waals surface area contributed by atoms with E-state index in [2.05, 4.69) is 9.80 Å². The van der Waals surface area contributed by atoms with Gasteiger partial charge in [-0.2, -0.15) is 0 Å². The molecule has 3 aliphatic heterocycles. The Balaban J connectivity index is 1.15. The topological polar surface area (TPSA) is 36.0 Å². The molecule has 4 aliphatic rings. The Kier molecular flexibility index (Phi) is 5.94. The smallest absolute Gasteiger partial charge is 0.258 e. The van der Waals surface area contributed by atoms with Crippen LogP contribution in [-0.2, 0) is 6.42 Å². The fourth-order valence-electron chi connectivity index (χ4n) is 6.27. The minimum absolute atomic E-state index is 0.0592. The number of fused-ring (bicyclic) bond motifs is 1. The van der Waals surface area contributed by atoms with E-state index in [1.165, 1.54) is 38.8 Å². The summed E-state index contributed by atoms with van der Waals surface area (Å²) in [7, 11) is 0. The number of likely N-dealkylation sites (tertiary alicyclic amines) is 1. The third-order valence-corrected chi connectivity index (χ3v) is 8.17. The number of rotatable bonds is 5. The second kappa shape index (κ2) is 9.21. The lowest BCUT2D eigenvalue weighted by Crippen LogP contribution is -2.38. The molecule has 2 saturated heterocycles. The Morgan fingerprint density at radius 2 is 1.71 bits per heavy atom. The molecule has 0 aromatic heterocycles. The van der Waals surface area contributed by atoms with Crippen LogP contribution < -0.4 is 14.5 Å². The third-order valence-electron chi connectivity index (χ3n) is 8.17. The van der Waals surface area contributed by atoms with Crippen LogP contribution in [0.3, 0.4) is 0 Å². The molecule has 34 heavy (non-hydrogen) atoms. The Morgan fingerprint density at radius 1 is 0.882 bits per heavy atom. The number of carbonyl (C=O) groups is 1. The highest BCUT2D eigenvalue weighted by molar-refractivity contribution is 6.08. The quantitative estimate of drug-likeness (QED) is 0.624. The Morgan fingerprint density at radius 3 is 2.50 bits per heavy atom. The number of amides is 1. The van der Waals surface area contributed by atoms with Crippen molar-refractivity contribution >= 4 is 17.3 Å². The van der Waals surface area contributed by atoms with E-state index in [-0.39, 0.29) is 11.7 Å². The summed E-state index contributed by atoms with van der Waals surface area (Å²) < 4.78 is 21.3. The number of benzene rings is 2. The highest BCUT2D eigenvalue weighted by atomic mass is 19.1. The maximum Gasteiger partial charge on any atom is 0.258 e. The lowest BCUT2D eigenvalue weighted by atomic mass is 9.98. The maximum absolute atomic E-state index is 15.2. The molecule has 3 heterocycles. The van der Waals surface area contributed by atoms with Crippen LogP contribution in [0, 0.1) is 5.82 Å². The van der Waals surface area contributed by atoms with Gasteiger partial charge in [-0.05, 0) is 106 Å². The lowest BCUT2D eigenvalue weighted by Gasteiger charge is -2.30. The Hall–Kier alpha value is -2.60. The Labute approximate surface area is 201 Å². The SMILES string of the molecule is O=C1c2ccc(OC3CCCC3)cc2CCN1c1ccc(N2CC[C@@H](N3CCCC3)C2)c(F)c1. The average molecular weight is 464 g/mol. The number of hydrogen-bond acceptors (Lipinski definition) is 4. The molecule has 1 atom stereocenters. The molecule has 1 amide bonds. The molecule has 0 spiro atoms. The van der Waals surface area contributed by atoms with Gasteiger partial charge in [0.05, 0.1) is 11.8 Å². The molecule has 3 fully saturated rings. The van der Waals surface area contributed by atoms with Gasteiger partial charge in [0.25, 0.3) is 5.91 Å². The van der Waals surface area contributed by atoms with E-state index in [0.29, 0.717) is 35.6 Å². The van der Waals surface area contributed by atoms with Crippen molar-refractivity contribution in [1.82, 2.24) is 4.90 Å². The van der Waals surface area contributed by atoms with E-state index >= 15 is 4.39 Å². The van der Waals surface area contributed by atoms with Crippen molar-refractivity contribution in [1.29, 1.82) is 0 Å². The van der Waals surface area contributed by atoms with Crippen molar-refractivity contribution in [3.63, 3.8) is 0 Å².